The standard InChI is InChI=1S/C26H28ClF3N2O/c1-4-20(14-10-18(2)27)23(17-13-19-11-15-22(16-12-19)26(28,29)30)32-24(25(33)31-3)21-8-6-5-7-9-21/h4-12,14-16,23-24,32H,1,13,17H2,2-3H3,(H,31,33)/b18-10+,20-14+/t23-,24?/m1/s1. The predicted molar refractivity (Wildman–Crippen MR) is 128 cm³/mol. The van der Waals surface area contributed by atoms with Gasteiger partial charge >= 0.3 is 6.18 Å². The van der Waals surface area contributed by atoms with Crippen LogP contribution in [-0.2, 0) is 17.4 Å². The zero-order chi connectivity index (χ0) is 24.4. The van der Waals surface area contributed by atoms with Gasteiger partial charge in [0.25, 0.3) is 0 Å². The summed E-state index contributed by atoms with van der Waals surface area (Å²) in [7, 11) is 1.57. The summed E-state index contributed by atoms with van der Waals surface area (Å²) >= 11 is 5.99. The Kier molecular flexibility index (Phi) is 9.95. The van der Waals surface area contributed by atoms with Crippen molar-refractivity contribution in [2.45, 2.75) is 38.0 Å². The Balaban J connectivity index is 2.32. The van der Waals surface area contributed by atoms with Crippen molar-refractivity contribution in [3.8, 4) is 0 Å². The normalized spacial score (nSPS) is 14.5. The molecule has 2 aromatic rings. The van der Waals surface area contributed by atoms with Crippen LogP contribution in [0.3, 0.4) is 0 Å². The van der Waals surface area contributed by atoms with Crippen LogP contribution in [0, 0.1) is 0 Å². The van der Waals surface area contributed by atoms with Gasteiger partial charge in [0.15, 0.2) is 0 Å². The summed E-state index contributed by atoms with van der Waals surface area (Å²) in [5, 5.41) is 6.67. The van der Waals surface area contributed by atoms with Crippen molar-refractivity contribution in [3.05, 3.63) is 107 Å². The van der Waals surface area contributed by atoms with E-state index < -0.39 is 17.8 Å². The lowest BCUT2D eigenvalue weighted by molar-refractivity contribution is -0.137. The van der Waals surface area contributed by atoms with E-state index in [1.54, 1.807) is 26.1 Å². The fourth-order valence-electron chi connectivity index (χ4n) is 3.37. The van der Waals surface area contributed by atoms with Crippen LogP contribution in [0.1, 0.15) is 36.1 Å². The number of aryl methyl sites for hydroxylation is 1. The lowest BCUT2D eigenvalue weighted by Crippen LogP contribution is -2.42. The number of benzene rings is 2. The van der Waals surface area contributed by atoms with Gasteiger partial charge in [0.2, 0.25) is 5.91 Å². The van der Waals surface area contributed by atoms with Gasteiger partial charge in [0.1, 0.15) is 6.04 Å². The summed E-state index contributed by atoms with van der Waals surface area (Å²) in [5.41, 5.74) is 1.69. The molecule has 0 saturated heterocycles. The van der Waals surface area contributed by atoms with Crippen LogP contribution in [0.25, 0.3) is 0 Å². The summed E-state index contributed by atoms with van der Waals surface area (Å²) < 4.78 is 38.6. The average molecular weight is 477 g/mol. The molecule has 2 N–H and O–H groups in total. The van der Waals surface area contributed by atoms with E-state index in [2.05, 4.69) is 17.2 Å². The van der Waals surface area contributed by atoms with Crippen molar-refractivity contribution in [1.82, 2.24) is 10.6 Å². The van der Waals surface area contributed by atoms with Gasteiger partial charge in [-0.1, -0.05) is 72.8 Å². The first kappa shape index (κ1) is 26.4. The van der Waals surface area contributed by atoms with E-state index in [0.717, 1.165) is 28.8 Å². The highest BCUT2D eigenvalue weighted by molar-refractivity contribution is 6.29. The second kappa shape index (κ2) is 12.4. The fourth-order valence-corrected chi connectivity index (χ4v) is 3.43. The van der Waals surface area contributed by atoms with Crippen LogP contribution < -0.4 is 10.6 Å². The van der Waals surface area contributed by atoms with Gasteiger partial charge in [-0.15, -0.1) is 0 Å². The van der Waals surface area contributed by atoms with Crippen molar-refractivity contribution in [1.29, 1.82) is 0 Å². The molecule has 3 nitrogen and oxygen atoms in total. The molecule has 0 aliphatic heterocycles. The summed E-state index contributed by atoms with van der Waals surface area (Å²) in [6.07, 6.45) is 1.91. The molecule has 2 atom stereocenters. The van der Waals surface area contributed by atoms with Crippen LogP contribution in [0.4, 0.5) is 13.2 Å². The van der Waals surface area contributed by atoms with E-state index in [0.29, 0.717) is 17.9 Å². The van der Waals surface area contributed by atoms with Gasteiger partial charge in [-0.25, -0.2) is 0 Å². The molecular weight excluding hydrogens is 449 g/mol. The largest absolute Gasteiger partial charge is 0.416 e. The van der Waals surface area contributed by atoms with Crippen LogP contribution in [0.15, 0.2) is 90.0 Å². The molecule has 33 heavy (non-hydrogen) atoms. The maximum absolute atomic E-state index is 12.9. The number of rotatable bonds is 10. The van der Waals surface area contributed by atoms with E-state index in [4.69, 9.17) is 11.6 Å². The molecule has 0 bridgehead atoms. The highest BCUT2D eigenvalue weighted by Gasteiger charge is 2.30. The third kappa shape index (κ3) is 8.22. The molecule has 7 heteroatoms. The third-order valence-corrected chi connectivity index (χ3v) is 5.28. The number of alkyl halides is 3. The van der Waals surface area contributed by atoms with Gasteiger partial charge in [0, 0.05) is 18.1 Å². The molecule has 0 aromatic heterocycles. The predicted octanol–water partition coefficient (Wildman–Crippen LogP) is 6.34. The quantitative estimate of drug-likeness (QED) is 0.393. The van der Waals surface area contributed by atoms with Gasteiger partial charge in [0.05, 0.1) is 5.56 Å². The molecule has 0 aliphatic rings. The van der Waals surface area contributed by atoms with Crippen LogP contribution >= 0.6 is 11.6 Å². The Bertz CT molecular complexity index is 979. The van der Waals surface area contributed by atoms with Crippen LogP contribution in [0.2, 0.25) is 0 Å². The number of likely N-dealkylation sites (N-methyl/N-ethyl adjacent to an activating group) is 1. The van der Waals surface area contributed by atoms with Crippen molar-refractivity contribution in [3.63, 3.8) is 0 Å². The highest BCUT2D eigenvalue weighted by atomic mass is 35.5. The van der Waals surface area contributed by atoms with Gasteiger partial charge in [-0.2, -0.15) is 13.2 Å². The molecule has 0 radical (unpaired) electrons. The number of carbonyl (C=O) groups is 1. The number of halogens is 4. The summed E-state index contributed by atoms with van der Waals surface area (Å²) in [6, 6.07) is 13.5. The maximum atomic E-state index is 12.9. The van der Waals surface area contributed by atoms with Crippen LogP contribution in [0.5, 0.6) is 0 Å². The minimum absolute atomic E-state index is 0.201. The zero-order valence-electron chi connectivity index (χ0n) is 18.6. The summed E-state index contributed by atoms with van der Waals surface area (Å²) in [6.45, 7) is 5.64. The summed E-state index contributed by atoms with van der Waals surface area (Å²) in [5.74, 6) is -0.201. The number of amides is 1. The molecule has 1 amide bonds. The number of carbonyl (C=O) groups excluding carboxylic acids is 1. The SMILES string of the molecule is C=C/C(=C\C=C(/C)Cl)[C@@H](CCc1ccc(C(F)(F)F)cc1)NC(C(=O)NC)c1ccccc1. The monoisotopic (exact) mass is 476 g/mol. The van der Waals surface area contributed by atoms with E-state index >= 15 is 0 Å². The van der Waals surface area contributed by atoms with Crippen LogP contribution in [-0.4, -0.2) is 19.0 Å². The number of nitrogens with one attached hydrogen (secondary N) is 2. The minimum Gasteiger partial charge on any atom is -0.358 e. The minimum atomic E-state index is -4.37. The van der Waals surface area contributed by atoms with Crippen molar-refractivity contribution in [2.75, 3.05) is 7.05 Å². The van der Waals surface area contributed by atoms with Gasteiger partial charge in [-0.3, -0.25) is 10.1 Å². The van der Waals surface area contributed by atoms with E-state index in [1.807, 2.05) is 36.4 Å². The molecule has 2 rings (SSSR count). The second-order valence-electron chi connectivity index (χ2n) is 7.53. The Morgan fingerprint density at radius 3 is 2.24 bits per heavy atom. The van der Waals surface area contributed by atoms with E-state index in [1.165, 1.54) is 12.1 Å². The Morgan fingerprint density at radius 1 is 1.09 bits per heavy atom. The van der Waals surface area contributed by atoms with E-state index in [-0.39, 0.29) is 11.9 Å². The first-order chi connectivity index (χ1) is 15.7. The second-order valence-corrected chi connectivity index (χ2v) is 8.13. The molecule has 0 heterocycles. The van der Waals surface area contributed by atoms with E-state index in [9.17, 15) is 18.0 Å². The number of hydrogen-bond donors (Lipinski definition) is 2. The van der Waals surface area contributed by atoms with Crippen molar-refractivity contribution >= 4 is 17.5 Å². The highest BCUT2D eigenvalue weighted by Crippen LogP contribution is 2.29. The first-order valence-electron chi connectivity index (χ1n) is 10.5. The smallest absolute Gasteiger partial charge is 0.358 e. The Morgan fingerprint density at radius 2 is 1.73 bits per heavy atom. The fraction of sp³-hybridized carbons (Fsp3) is 0.269. The number of hydrogen-bond acceptors (Lipinski definition) is 2. The molecule has 0 fully saturated rings. The average Bonchev–Trinajstić information content (AvgIpc) is 2.80. The molecule has 176 valence electrons. The molecule has 0 aliphatic carbocycles. The Hall–Kier alpha value is -2.83. The zero-order valence-corrected chi connectivity index (χ0v) is 19.4. The summed E-state index contributed by atoms with van der Waals surface area (Å²) in [4.78, 5) is 12.7. The molecule has 1 unspecified atom stereocenters. The van der Waals surface area contributed by atoms with Gasteiger partial charge in [-0.05, 0) is 54.7 Å². The number of allylic oxidation sites excluding steroid dienone is 3. The lowest BCUT2D eigenvalue weighted by atomic mass is 9.95. The lowest BCUT2D eigenvalue weighted by Gasteiger charge is -2.26. The first-order valence-corrected chi connectivity index (χ1v) is 10.9. The van der Waals surface area contributed by atoms with Crippen molar-refractivity contribution < 1.29 is 18.0 Å². The van der Waals surface area contributed by atoms with Crippen molar-refractivity contribution in [2.24, 2.45) is 0 Å². The molecule has 0 spiro atoms. The molecule has 0 saturated carbocycles. The third-order valence-electron chi connectivity index (χ3n) is 5.16. The molecule has 2 aromatic carbocycles. The molecular formula is C26H28ClF3N2O. The van der Waals surface area contributed by atoms with Gasteiger partial charge < -0.3 is 5.32 Å². The maximum Gasteiger partial charge on any atom is 0.416 e. The topological polar surface area (TPSA) is 41.1 Å². The Labute approximate surface area is 198 Å².